The minimum atomic E-state index is -0.598. The van der Waals surface area contributed by atoms with Gasteiger partial charge in [-0.1, -0.05) is 40.9 Å². The summed E-state index contributed by atoms with van der Waals surface area (Å²) < 4.78 is 5.02. The van der Waals surface area contributed by atoms with Gasteiger partial charge in [-0.15, -0.1) is 0 Å². The third-order valence-corrected chi connectivity index (χ3v) is 4.25. The normalized spacial score (nSPS) is 10.3. The third kappa shape index (κ3) is 5.26. The van der Waals surface area contributed by atoms with Gasteiger partial charge in [0.25, 0.3) is 5.91 Å². The van der Waals surface area contributed by atoms with Gasteiger partial charge in [0.2, 0.25) is 0 Å². The number of ether oxygens (including phenoxy) is 1. The van der Waals surface area contributed by atoms with Crippen molar-refractivity contribution in [3.05, 3.63) is 57.0 Å². The van der Waals surface area contributed by atoms with Crippen molar-refractivity contribution in [1.82, 2.24) is 0 Å². The number of nitrogens with zero attached hydrogens (tertiary/aromatic N) is 1. The summed E-state index contributed by atoms with van der Waals surface area (Å²) in [5.41, 5.74) is 1.49. The van der Waals surface area contributed by atoms with Gasteiger partial charge >= 0.3 is 5.97 Å². The van der Waals surface area contributed by atoms with Crippen molar-refractivity contribution in [2.24, 2.45) is 0 Å². The van der Waals surface area contributed by atoms with E-state index < -0.39 is 18.5 Å². The number of amides is 1. The van der Waals surface area contributed by atoms with E-state index in [4.69, 9.17) is 39.5 Å². The summed E-state index contributed by atoms with van der Waals surface area (Å²) in [4.78, 5) is 25.9. The van der Waals surface area contributed by atoms with Crippen molar-refractivity contribution < 1.29 is 14.3 Å². The molecule has 0 unspecified atom stereocenters. The Morgan fingerprint density at radius 3 is 2.40 bits per heavy atom. The van der Waals surface area contributed by atoms with Crippen LogP contribution in [0.5, 0.6) is 0 Å². The molecule has 0 heterocycles. The van der Waals surface area contributed by atoms with Gasteiger partial charge in [0, 0.05) is 19.8 Å². The van der Waals surface area contributed by atoms with Crippen LogP contribution in [0.25, 0.3) is 0 Å². The molecule has 0 aliphatic heterocycles. The van der Waals surface area contributed by atoms with Crippen LogP contribution in [0.3, 0.4) is 0 Å². The quantitative estimate of drug-likeness (QED) is 0.591. The number of anilines is 2. The van der Waals surface area contributed by atoms with E-state index in [9.17, 15) is 9.59 Å². The Morgan fingerprint density at radius 1 is 1.04 bits per heavy atom. The molecule has 0 spiro atoms. The Balaban J connectivity index is 1.97. The Kier molecular flexibility index (Phi) is 6.53. The summed E-state index contributed by atoms with van der Waals surface area (Å²) in [6, 6.07) is 9.72. The lowest BCUT2D eigenvalue weighted by Gasteiger charge is -2.13. The lowest BCUT2D eigenvalue weighted by atomic mass is 10.2. The third-order valence-electron chi connectivity index (χ3n) is 3.22. The maximum Gasteiger partial charge on any atom is 0.338 e. The maximum absolute atomic E-state index is 12.1. The Labute approximate surface area is 160 Å². The van der Waals surface area contributed by atoms with Gasteiger partial charge in [-0.3, -0.25) is 4.79 Å². The second-order valence-electron chi connectivity index (χ2n) is 5.32. The second kappa shape index (κ2) is 8.43. The van der Waals surface area contributed by atoms with Crippen molar-refractivity contribution in [3.63, 3.8) is 0 Å². The summed E-state index contributed by atoms with van der Waals surface area (Å²) in [5.74, 6) is -1.14. The molecular weight excluding hydrogens is 387 g/mol. The van der Waals surface area contributed by atoms with Gasteiger partial charge < -0.3 is 15.0 Å². The average molecular weight is 402 g/mol. The molecule has 0 radical (unpaired) electrons. The van der Waals surface area contributed by atoms with E-state index in [0.717, 1.165) is 5.69 Å². The van der Waals surface area contributed by atoms with Gasteiger partial charge in [0.15, 0.2) is 6.61 Å². The van der Waals surface area contributed by atoms with Crippen molar-refractivity contribution in [2.45, 2.75) is 0 Å². The lowest BCUT2D eigenvalue weighted by molar-refractivity contribution is -0.119. The molecule has 2 rings (SSSR count). The Morgan fingerprint density at radius 2 is 1.72 bits per heavy atom. The van der Waals surface area contributed by atoms with Crippen LogP contribution in [-0.2, 0) is 9.53 Å². The van der Waals surface area contributed by atoms with Crippen LogP contribution in [0, 0.1) is 0 Å². The van der Waals surface area contributed by atoms with E-state index in [2.05, 4.69) is 5.32 Å². The Hall–Kier alpha value is -1.95. The molecule has 0 bridgehead atoms. The van der Waals surface area contributed by atoms with E-state index in [1.54, 1.807) is 18.2 Å². The van der Waals surface area contributed by atoms with E-state index >= 15 is 0 Å². The van der Waals surface area contributed by atoms with Crippen molar-refractivity contribution in [1.29, 1.82) is 0 Å². The first-order valence-electron chi connectivity index (χ1n) is 7.17. The SMILES string of the molecule is CN(C)c1cccc(C(=O)OCC(=O)Nc2cc(Cl)c(Cl)cc2Cl)c1. The van der Waals surface area contributed by atoms with Crippen LogP contribution >= 0.6 is 34.8 Å². The topological polar surface area (TPSA) is 58.6 Å². The summed E-state index contributed by atoms with van der Waals surface area (Å²) in [6.45, 7) is -0.457. The minimum absolute atomic E-state index is 0.229. The fraction of sp³-hybridized carbons (Fsp3) is 0.176. The molecule has 0 aliphatic rings. The average Bonchev–Trinajstić information content (AvgIpc) is 2.57. The largest absolute Gasteiger partial charge is 0.452 e. The highest BCUT2D eigenvalue weighted by molar-refractivity contribution is 6.44. The molecule has 0 aromatic heterocycles. The molecule has 1 amide bonds. The number of rotatable bonds is 5. The van der Waals surface area contributed by atoms with Gasteiger partial charge in [-0.25, -0.2) is 4.79 Å². The number of hydrogen-bond donors (Lipinski definition) is 1. The number of halogens is 3. The van der Waals surface area contributed by atoms with Crippen molar-refractivity contribution in [3.8, 4) is 0 Å². The smallest absolute Gasteiger partial charge is 0.338 e. The molecule has 25 heavy (non-hydrogen) atoms. The van der Waals surface area contributed by atoms with E-state index in [1.165, 1.54) is 12.1 Å². The number of nitrogens with one attached hydrogen (secondary N) is 1. The fourth-order valence-electron chi connectivity index (χ4n) is 1.93. The van der Waals surface area contributed by atoms with Gasteiger partial charge in [-0.05, 0) is 30.3 Å². The van der Waals surface area contributed by atoms with Gasteiger partial charge in [0.05, 0.1) is 26.3 Å². The minimum Gasteiger partial charge on any atom is -0.452 e. The zero-order valence-electron chi connectivity index (χ0n) is 13.5. The first-order chi connectivity index (χ1) is 11.8. The predicted molar refractivity (Wildman–Crippen MR) is 101 cm³/mol. The fourth-order valence-corrected chi connectivity index (χ4v) is 2.52. The number of hydrogen-bond acceptors (Lipinski definition) is 4. The molecule has 0 saturated carbocycles. The standard InChI is InChI=1S/C17H15Cl3N2O3/c1-22(2)11-5-3-4-10(6-11)17(24)25-9-16(23)21-15-8-13(19)12(18)7-14(15)20/h3-8H,9H2,1-2H3,(H,21,23). The molecule has 2 aromatic rings. The van der Waals surface area contributed by atoms with E-state index in [-0.39, 0.29) is 20.8 Å². The number of carbonyl (C=O) groups excluding carboxylic acids is 2. The number of carbonyl (C=O) groups is 2. The number of benzene rings is 2. The highest BCUT2D eigenvalue weighted by Crippen LogP contribution is 2.32. The highest BCUT2D eigenvalue weighted by Gasteiger charge is 2.13. The lowest BCUT2D eigenvalue weighted by Crippen LogP contribution is -2.21. The molecule has 0 fully saturated rings. The Bertz CT molecular complexity index is 810. The molecule has 0 saturated heterocycles. The molecule has 132 valence electrons. The molecule has 5 nitrogen and oxygen atoms in total. The van der Waals surface area contributed by atoms with Gasteiger partial charge in [0.1, 0.15) is 0 Å². The summed E-state index contributed by atoms with van der Waals surface area (Å²) in [7, 11) is 3.72. The van der Waals surface area contributed by atoms with Crippen LogP contribution < -0.4 is 10.2 Å². The van der Waals surface area contributed by atoms with Crippen LogP contribution in [0.15, 0.2) is 36.4 Å². The monoisotopic (exact) mass is 400 g/mol. The van der Waals surface area contributed by atoms with Crippen LogP contribution in [0.1, 0.15) is 10.4 Å². The van der Waals surface area contributed by atoms with Crippen LogP contribution in [0.4, 0.5) is 11.4 Å². The molecule has 8 heteroatoms. The zero-order chi connectivity index (χ0) is 18.6. The van der Waals surface area contributed by atoms with Crippen molar-refractivity contribution in [2.75, 3.05) is 30.9 Å². The van der Waals surface area contributed by atoms with Crippen LogP contribution in [0.2, 0.25) is 15.1 Å². The number of esters is 1. The molecule has 0 aliphatic carbocycles. The first kappa shape index (κ1) is 19.4. The van der Waals surface area contributed by atoms with E-state index in [1.807, 2.05) is 25.1 Å². The predicted octanol–water partition coefficient (Wildman–Crippen LogP) is 4.51. The zero-order valence-corrected chi connectivity index (χ0v) is 15.7. The maximum atomic E-state index is 12.1. The summed E-state index contributed by atoms with van der Waals surface area (Å²) >= 11 is 17.7. The summed E-state index contributed by atoms with van der Waals surface area (Å²) in [6.07, 6.45) is 0. The summed E-state index contributed by atoms with van der Waals surface area (Å²) in [5, 5.41) is 3.27. The van der Waals surface area contributed by atoms with Crippen LogP contribution in [-0.4, -0.2) is 32.6 Å². The van der Waals surface area contributed by atoms with Gasteiger partial charge in [-0.2, -0.15) is 0 Å². The first-order valence-corrected chi connectivity index (χ1v) is 8.30. The molecule has 2 aromatic carbocycles. The highest BCUT2D eigenvalue weighted by atomic mass is 35.5. The second-order valence-corrected chi connectivity index (χ2v) is 6.54. The molecule has 0 atom stereocenters. The molecular formula is C17H15Cl3N2O3. The van der Waals surface area contributed by atoms with Crippen molar-refractivity contribution >= 4 is 58.1 Å². The molecule has 1 N–H and O–H groups in total. The van der Waals surface area contributed by atoms with E-state index in [0.29, 0.717) is 5.56 Å².